The number of hydrogen-bond acceptors (Lipinski definition) is 7. The second-order valence-corrected chi connectivity index (χ2v) is 12.4. The zero-order valence-electron chi connectivity index (χ0n) is 26.1. The lowest BCUT2D eigenvalue weighted by Gasteiger charge is -2.24. The van der Waals surface area contributed by atoms with E-state index < -0.39 is 29.1 Å². The molecule has 14 heteroatoms. The molecule has 1 fully saturated rings. The first-order valence-electron chi connectivity index (χ1n) is 15.4. The second kappa shape index (κ2) is 12.4. The molecule has 0 spiro atoms. The molecule has 3 aromatic carbocycles. The fourth-order valence-electron chi connectivity index (χ4n) is 6.29. The van der Waals surface area contributed by atoms with Crippen LogP contribution in [0, 0.1) is 11.6 Å². The highest BCUT2D eigenvalue weighted by atomic mass is 35.5. The Morgan fingerprint density at radius 1 is 1.10 bits per heavy atom. The SMILES string of the molecule is COc1ccc2c(=O)n(-c3ccc(Cl)c4c(N)nn(C)c34)c(C(Cc3cc(F)cc(F)c3)NC(=O)Cn3ccc(C4CCC4)n3)nc2c1. The van der Waals surface area contributed by atoms with E-state index in [9.17, 15) is 18.4 Å². The Hall–Kier alpha value is -5.30. The monoisotopic (exact) mass is 672 g/mol. The standard InChI is InChI=1S/C34H31ClF2N8O3/c1-43-31-28(9-8-24(35)30(31)32(38)42-43)45-33(40-26-16-22(48-2)6-7-23(26)34(45)47)27(14-18-12-20(36)15-21(37)13-18)39-29(46)17-44-11-10-25(41-44)19-4-3-5-19/h6-13,15-16,19,27H,3-5,14,17H2,1-2H3,(H2,38,42)(H,39,46). The molecule has 1 saturated carbocycles. The number of methoxy groups -OCH3 is 1. The number of amides is 1. The first-order chi connectivity index (χ1) is 23.1. The highest BCUT2D eigenvalue weighted by Crippen LogP contribution is 2.36. The summed E-state index contributed by atoms with van der Waals surface area (Å²) in [6.45, 7) is -0.129. The maximum atomic E-state index is 14.5. The van der Waals surface area contributed by atoms with Gasteiger partial charge in [0.2, 0.25) is 5.91 Å². The number of halogens is 3. The van der Waals surface area contributed by atoms with Gasteiger partial charge in [-0.3, -0.25) is 23.5 Å². The van der Waals surface area contributed by atoms with Gasteiger partial charge < -0.3 is 15.8 Å². The molecule has 48 heavy (non-hydrogen) atoms. The Labute approximate surface area is 277 Å². The molecule has 246 valence electrons. The molecule has 6 aromatic rings. The minimum absolute atomic E-state index is 0.0952. The average molecular weight is 673 g/mol. The normalized spacial score (nSPS) is 13.9. The Morgan fingerprint density at radius 3 is 2.58 bits per heavy atom. The number of benzene rings is 3. The van der Waals surface area contributed by atoms with E-state index in [0.717, 1.165) is 31.0 Å². The molecule has 1 atom stereocenters. The number of nitrogen functional groups attached to an aromatic ring is 1. The van der Waals surface area contributed by atoms with Crippen molar-refractivity contribution < 1.29 is 18.3 Å². The fourth-order valence-corrected chi connectivity index (χ4v) is 6.54. The summed E-state index contributed by atoms with van der Waals surface area (Å²) in [4.78, 5) is 33.1. The van der Waals surface area contributed by atoms with E-state index >= 15 is 0 Å². The number of rotatable bonds is 9. The molecule has 0 bridgehead atoms. The number of hydrogen-bond donors (Lipinski definition) is 2. The van der Waals surface area contributed by atoms with Gasteiger partial charge in [-0.25, -0.2) is 13.8 Å². The highest BCUT2D eigenvalue weighted by molar-refractivity contribution is 6.36. The molecule has 3 heterocycles. The van der Waals surface area contributed by atoms with Crippen molar-refractivity contribution in [3.63, 3.8) is 0 Å². The summed E-state index contributed by atoms with van der Waals surface area (Å²) in [5, 5.41) is 12.9. The van der Waals surface area contributed by atoms with E-state index in [-0.39, 0.29) is 35.6 Å². The van der Waals surface area contributed by atoms with E-state index in [2.05, 4.69) is 15.5 Å². The van der Waals surface area contributed by atoms with E-state index in [1.807, 2.05) is 6.07 Å². The van der Waals surface area contributed by atoms with Gasteiger partial charge in [-0.1, -0.05) is 18.0 Å². The van der Waals surface area contributed by atoms with Crippen molar-refractivity contribution in [1.29, 1.82) is 0 Å². The number of aryl methyl sites for hydroxylation is 1. The van der Waals surface area contributed by atoms with E-state index in [0.29, 0.717) is 38.8 Å². The van der Waals surface area contributed by atoms with Crippen LogP contribution in [0.1, 0.15) is 48.3 Å². The van der Waals surface area contributed by atoms with Gasteiger partial charge in [0.25, 0.3) is 5.56 Å². The molecule has 1 unspecified atom stereocenters. The largest absolute Gasteiger partial charge is 0.497 e. The van der Waals surface area contributed by atoms with Gasteiger partial charge in [0.15, 0.2) is 5.82 Å². The predicted molar refractivity (Wildman–Crippen MR) is 177 cm³/mol. The third kappa shape index (κ3) is 5.74. The number of fused-ring (bicyclic) bond motifs is 2. The van der Waals surface area contributed by atoms with E-state index in [4.69, 9.17) is 27.1 Å². The molecule has 1 aliphatic rings. The molecule has 1 amide bonds. The van der Waals surface area contributed by atoms with Crippen LogP contribution in [0.15, 0.2) is 65.6 Å². The van der Waals surface area contributed by atoms with Crippen LogP contribution in [0.3, 0.4) is 0 Å². The lowest BCUT2D eigenvalue weighted by molar-refractivity contribution is -0.122. The maximum Gasteiger partial charge on any atom is 0.266 e. The zero-order chi connectivity index (χ0) is 33.7. The average Bonchev–Trinajstić information content (AvgIpc) is 3.58. The van der Waals surface area contributed by atoms with Crippen molar-refractivity contribution in [1.82, 2.24) is 34.4 Å². The van der Waals surface area contributed by atoms with Crippen LogP contribution >= 0.6 is 11.6 Å². The number of ether oxygens (including phenoxy) is 1. The molecule has 1 aliphatic carbocycles. The lowest BCUT2D eigenvalue weighted by atomic mass is 9.83. The van der Waals surface area contributed by atoms with Crippen LogP contribution in [0.5, 0.6) is 5.75 Å². The van der Waals surface area contributed by atoms with Gasteiger partial charge in [-0.2, -0.15) is 10.2 Å². The number of nitrogens with one attached hydrogen (secondary N) is 1. The quantitative estimate of drug-likeness (QED) is 0.211. The zero-order valence-corrected chi connectivity index (χ0v) is 26.8. The predicted octanol–water partition coefficient (Wildman–Crippen LogP) is 5.36. The Kier molecular flexibility index (Phi) is 8.07. The molecule has 3 N–H and O–H groups in total. The summed E-state index contributed by atoms with van der Waals surface area (Å²) in [5.74, 6) is -0.916. The Morgan fingerprint density at radius 2 is 1.88 bits per heavy atom. The minimum atomic E-state index is -1.06. The van der Waals surface area contributed by atoms with E-state index in [1.54, 1.807) is 48.3 Å². The summed E-state index contributed by atoms with van der Waals surface area (Å²) in [6.07, 6.45) is 4.91. The Balaban J connectivity index is 1.41. The molecule has 11 nitrogen and oxygen atoms in total. The number of nitrogens with zero attached hydrogens (tertiary/aromatic N) is 6. The molecule has 0 aliphatic heterocycles. The van der Waals surface area contributed by atoms with Gasteiger partial charge >= 0.3 is 0 Å². The van der Waals surface area contributed by atoms with Crippen molar-refractivity contribution in [2.45, 2.75) is 44.2 Å². The lowest BCUT2D eigenvalue weighted by Crippen LogP contribution is -2.37. The number of carbonyl (C=O) groups excluding carboxylic acids is 1. The summed E-state index contributed by atoms with van der Waals surface area (Å²) in [7, 11) is 3.16. The van der Waals surface area contributed by atoms with Crippen LogP contribution in [0.2, 0.25) is 5.02 Å². The van der Waals surface area contributed by atoms with Crippen molar-refractivity contribution in [3.8, 4) is 11.4 Å². The summed E-state index contributed by atoms with van der Waals surface area (Å²) >= 11 is 6.54. The molecule has 7 rings (SSSR count). The van der Waals surface area contributed by atoms with Crippen LogP contribution in [-0.2, 0) is 24.8 Å². The summed E-state index contributed by atoms with van der Waals surface area (Å²) < 4.78 is 38.7. The van der Waals surface area contributed by atoms with Crippen molar-refractivity contribution in [3.05, 3.63) is 105 Å². The smallest absolute Gasteiger partial charge is 0.266 e. The van der Waals surface area contributed by atoms with Crippen molar-refractivity contribution in [2.24, 2.45) is 7.05 Å². The van der Waals surface area contributed by atoms with Crippen molar-refractivity contribution in [2.75, 3.05) is 12.8 Å². The number of nitrogens with two attached hydrogens (primary N) is 1. The number of anilines is 1. The number of aromatic nitrogens is 6. The van der Waals surface area contributed by atoms with Crippen molar-refractivity contribution >= 4 is 45.1 Å². The molecule has 0 radical (unpaired) electrons. The van der Waals surface area contributed by atoms with Gasteiger partial charge in [-0.05, 0) is 60.9 Å². The van der Waals surface area contributed by atoms with Gasteiger partial charge in [0.1, 0.15) is 29.8 Å². The second-order valence-electron chi connectivity index (χ2n) is 12.0. The fraction of sp³-hybridized carbons (Fsp3) is 0.265. The molecule has 0 saturated heterocycles. The van der Waals surface area contributed by atoms with Crippen LogP contribution in [-0.4, -0.2) is 42.1 Å². The Bertz CT molecular complexity index is 2260. The molecular formula is C34H31ClF2N8O3. The van der Waals surface area contributed by atoms with Gasteiger partial charge in [0.05, 0.1) is 51.4 Å². The minimum Gasteiger partial charge on any atom is -0.497 e. The molecule has 3 aromatic heterocycles. The third-order valence-corrected chi connectivity index (χ3v) is 9.10. The highest BCUT2D eigenvalue weighted by Gasteiger charge is 2.28. The van der Waals surface area contributed by atoms with Crippen LogP contribution in [0.25, 0.3) is 27.5 Å². The topological polar surface area (TPSA) is 135 Å². The van der Waals surface area contributed by atoms with Gasteiger partial charge in [-0.15, -0.1) is 0 Å². The van der Waals surface area contributed by atoms with Gasteiger partial charge in [0, 0.05) is 37.7 Å². The summed E-state index contributed by atoms with van der Waals surface area (Å²) in [5.41, 5.74) is 8.00. The van der Waals surface area contributed by atoms with E-state index in [1.165, 1.54) is 28.5 Å². The first kappa shape index (κ1) is 31.3. The van der Waals surface area contributed by atoms with Crippen LogP contribution < -0.4 is 21.3 Å². The summed E-state index contributed by atoms with van der Waals surface area (Å²) in [6, 6.07) is 12.1. The first-order valence-corrected chi connectivity index (χ1v) is 15.8. The molecular weight excluding hydrogens is 642 g/mol. The number of carbonyl (C=O) groups is 1. The van der Waals surface area contributed by atoms with Crippen LogP contribution in [0.4, 0.5) is 14.6 Å². The third-order valence-electron chi connectivity index (χ3n) is 8.79. The maximum absolute atomic E-state index is 14.5.